The van der Waals surface area contributed by atoms with Crippen LogP contribution >= 0.6 is 27.5 Å². The van der Waals surface area contributed by atoms with Crippen molar-refractivity contribution < 1.29 is 9.90 Å². The third-order valence-corrected chi connectivity index (χ3v) is 5.90. The second kappa shape index (κ2) is 8.05. The number of aliphatic hydroxyl groups is 1. The largest absolute Gasteiger partial charge is 0.503 e. The van der Waals surface area contributed by atoms with Crippen molar-refractivity contribution in [2.45, 2.75) is 19.5 Å². The Morgan fingerprint density at radius 1 is 0.966 bits per heavy atom. The lowest BCUT2D eigenvalue weighted by atomic mass is 9.93. The van der Waals surface area contributed by atoms with E-state index in [-0.39, 0.29) is 11.7 Å². The van der Waals surface area contributed by atoms with Crippen LogP contribution in [0.3, 0.4) is 0 Å². The normalized spacial score (nSPS) is 16.6. The molecule has 146 valence electrons. The van der Waals surface area contributed by atoms with Crippen LogP contribution in [0.1, 0.15) is 28.3 Å². The van der Waals surface area contributed by atoms with Crippen molar-refractivity contribution in [3.63, 3.8) is 0 Å². The highest BCUT2D eigenvalue weighted by atomic mass is 79.9. The topological polar surface area (TPSA) is 40.5 Å². The van der Waals surface area contributed by atoms with Crippen molar-refractivity contribution in [1.82, 2.24) is 4.90 Å². The predicted octanol–water partition coefficient (Wildman–Crippen LogP) is 6.46. The fourth-order valence-corrected chi connectivity index (χ4v) is 4.01. The molecule has 3 aromatic carbocycles. The lowest BCUT2D eigenvalue weighted by molar-refractivity contribution is -0.130. The fraction of sp³-hybridized carbons (Fsp3) is 0.125. The second-order valence-electron chi connectivity index (χ2n) is 7.14. The van der Waals surface area contributed by atoms with Crippen LogP contribution in [0.5, 0.6) is 0 Å². The third kappa shape index (κ3) is 3.96. The molecule has 4 rings (SSSR count). The van der Waals surface area contributed by atoms with Gasteiger partial charge in [0.05, 0.1) is 6.04 Å². The molecule has 0 unspecified atom stereocenters. The number of carbonyl (C=O) groups excluding carboxylic acids is 1. The van der Waals surface area contributed by atoms with Gasteiger partial charge in [0, 0.05) is 21.6 Å². The van der Waals surface area contributed by atoms with Gasteiger partial charge in [0.1, 0.15) is 0 Å². The van der Waals surface area contributed by atoms with E-state index < -0.39 is 6.04 Å². The number of halogens is 2. The average Bonchev–Trinajstić information content (AvgIpc) is 2.96. The molecule has 3 nitrogen and oxygen atoms in total. The molecule has 0 fully saturated rings. The van der Waals surface area contributed by atoms with Gasteiger partial charge in [-0.25, -0.2) is 0 Å². The molecule has 5 heteroatoms. The van der Waals surface area contributed by atoms with Crippen molar-refractivity contribution in [3.8, 4) is 0 Å². The Bertz CT molecular complexity index is 1070. The van der Waals surface area contributed by atoms with Gasteiger partial charge in [-0.3, -0.25) is 4.79 Å². The number of hydrogen-bond acceptors (Lipinski definition) is 2. The molecule has 1 heterocycles. The number of carbonyl (C=O) groups is 1. The van der Waals surface area contributed by atoms with E-state index in [2.05, 4.69) is 15.9 Å². The fourth-order valence-electron chi connectivity index (χ4n) is 3.62. The molecule has 0 saturated carbocycles. The van der Waals surface area contributed by atoms with Crippen molar-refractivity contribution in [2.75, 3.05) is 0 Å². The molecule has 1 aliphatic rings. The zero-order valence-electron chi connectivity index (χ0n) is 15.8. The Morgan fingerprint density at radius 2 is 1.59 bits per heavy atom. The molecule has 0 aliphatic carbocycles. The van der Waals surface area contributed by atoms with Gasteiger partial charge in [-0.2, -0.15) is 0 Å². The Labute approximate surface area is 183 Å². The third-order valence-electron chi connectivity index (χ3n) is 5.12. The summed E-state index contributed by atoms with van der Waals surface area (Å²) in [6, 6.07) is 22.7. The van der Waals surface area contributed by atoms with Crippen LogP contribution in [0, 0.1) is 6.92 Å². The van der Waals surface area contributed by atoms with Gasteiger partial charge in [-0.05, 0) is 47.9 Å². The summed E-state index contributed by atoms with van der Waals surface area (Å²) in [6.45, 7) is 2.43. The summed E-state index contributed by atoms with van der Waals surface area (Å²) in [5, 5.41) is 11.4. The number of aliphatic hydroxyl groups excluding tert-OH is 1. The number of aryl methyl sites for hydroxylation is 1. The second-order valence-corrected chi connectivity index (χ2v) is 8.49. The minimum absolute atomic E-state index is 0.215. The predicted molar refractivity (Wildman–Crippen MR) is 120 cm³/mol. The van der Waals surface area contributed by atoms with E-state index in [1.54, 1.807) is 17.0 Å². The van der Waals surface area contributed by atoms with Crippen LogP contribution in [0.25, 0.3) is 5.57 Å². The molecule has 3 aromatic rings. The molecule has 0 saturated heterocycles. The molecule has 1 N–H and O–H groups in total. The molecule has 1 amide bonds. The van der Waals surface area contributed by atoms with Gasteiger partial charge in [0.2, 0.25) is 0 Å². The van der Waals surface area contributed by atoms with Gasteiger partial charge in [-0.1, -0.05) is 81.6 Å². The lowest BCUT2D eigenvalue weighted by Gasteiger charge is -2.27. The molecule has 29 heavy (non-hydrogen) atoms. The van der Waals surface area contributed by atoms with Crippen molar-refractivity contribution in [1.29, 1.82) is 0 Å². The van der Waals surface area contributed by atoms with E-state index in [4.69, 9.17) is 11.6 Å². The summed E-state index contributed by atoms with van der Waals surface area (Å²) in [7, 11) is 0. The number of rotatable bonds is 4. The number of amides is 1. The Hall–Kier alpha value is -2.56. The molecule has 0 spiro atoms. The van der Waals surface area contributed by atoms with Crippen LogP contribution in [-0.4, -0.2) is 15.9 Å². The number of nitrogens with zero attached hydrogens (tertiary/aromatic N) is 1. The SMILES string of the molecule is Cc1ccc(CN2C(=O)C(O)=C(c3ccc(Cl)cc3)[C@H]2c2ccc(Br)cc2)cc1. The minimum atomic E-state index is -0.391. The highest BCUT2D eigenvalue weighted by Crippen LogP contribution is 2.44. The van der Waals surface area contributed by atoms with Gasteiger partial charge < -0.3 is 10.0 Å². The zero-order chi connectivity index (χ0) is 20.5. The van der Waals surface area contributed by atoms with E-state index in [0.29, 0.717) is 17.1 Å². The van der Waals surface area contributed by atoms with Crippen molar-refractivity contribution in [3.05, 3.63) is 110 Å². The van der Waals surface area contributed by atoms with Crippen molar-refractivity contribution in [2.24, 2.45) is 0 Å². The first-order valence-corrected chi connectivity index (χ1v) is 10.4. The van der Waals surface area contributed by atoms with E-state index in [0.717, 1.165) is 26.7 Å². The monoisotopic (exact) mass is 467 g/mol. The maximum Gasteiger partial charge on any atom is 0.290 e. The average molecular weight is 469 g/mol. The summed E-state index contributed by atoms with van der Waals surface area (Å²) >= 11 is 9.51. The molecule has 0 radical (unpaired) electrons. The molecular weight excluding hydrogens is 450 g/mol. The number of benzene rings is 3. The van der Waals surface area contributed by atoms with Crippen LogP contribution in [-0.2, 0) is 11.3 Å². The Morgan fingerprint density at radius 3 is 2.21 bits per heavy atom. The summed E-state index contributed by atoms with van der Waals surface area (Å²) < 4.78 is 0.955. The van der Waals surface area contributed by atoms with E-state index in [1.807, 2.05) is 67.6 Å². The zero-order valence-corrected chi connectivity index (χ0v) is 18.1. The van der Waals surface area contributed by atoms with E-state index in [9.17, 15) is 9.90 Å². The Kier molecular flexibility index (Phi) is 5.48. The first-order chi connectivity index (χ1) is 13.9. The first kappa shape index (κ1) is 19.7. The van der Waals surface area contributed by atoms with E-state index in [1.165, 1.54) is 0 Å². The maximum atomic E-state index is 13.1. The van der Waals surface area contributed by atoms with Gasteiger partial charge in [-0.15, -0.1) is 0 Å². The van der Waals surface area contributed by atoms with Crippen molar-refractivity contribution >= 4 is 39.0 Å². The standard InChI is InChI=1S/C24H19BrClNO2/c1-15-2-4-16(5-3-15)14-27-22(18-6-10-19(25)11-7-18)21(23(28)24(27)29)17-8-12-20(26)13-9-17/h2-13,22,28H,14H2,1H3/t22-/m1/s1. The Balaban J connectivity index is 1.80. The molecular formula is C24H19BrClNO2. The van der Waals surface area contributed by atoms with Gasteiger partial charge in [0.25, 0.3) is 5.91 Å². The smallest absolute Gasteiger partial charge is 0.290 e. The molecule has 1 aliphatic heterocycles. The molecule has 0 aromatic heterocycles. The van der Waals surface area contributed by atoms with Crippen LogP contribution in [0.2, 0.25) is 5.02 Å². The van der Waals surface area contributed by atoms with Gasteiger partial charge >= 0.3 is 0 Å². The lowest BCUT2D eigenvalue weighted by Crippen LogP contribution is -2.29. The maximum absolute atomic E-state index is 13.1. The first-order valence-electron chi connectivity index (χ1n) is 9.25. The number of hydrogen-bond donors (Lipinski definition) is 1. The highest BCUT2D eigenvalue weighted by Gasteiger charge is 2.40. The summed E-state index contributed by atoms with van der Waals surface area (Å²) in [6.07, 6.45) is 0. The molecule has 0 bridgehead atoms. The van der Waals surface area contributed by atoms with Crippen LogP contribution in [0.4, 0.5) is 0 Å². The van der Waals surface area contributed by atoms with Gasteiger partial charge in [0.15, 0.2) is 5.76 Å². The minimum Gasteiger partial charge on any atom is -0.503 e. The van der Waals surface area contributed by atoms with Crippen LogP contribution < -0.4 is 0 Å². The summed E-state index contributed by atoms with van der Waals surface area (Å²) in [5.74, 6) is -0.587. The van der Waals surface area contributed by atoms with E-state index >= 15 is 0 Å². The summed E-state index contributed by atoms with van der Waals surface area (Å²) in [4.78, 5) is 14.8. The van der Waals surface area contributed by atoms with Crippen LogP contribution in [0.15, 0.2) is 83.0 Å². The quantitative estimate of drug-likeness (QED) is 0.477. The summed E-state index contributed by atoms with van der Waals surface area (Å²) in [5.41, 5.74) is 4.48. The highest BCUT2D eigenvalue weighted by molar-refractivity contribution is 9.10. The molecule has 1 atom stereocenters.